The van der Waals surface area contributed by atoms with Gasteiger partial charge < -0.3 is 4.98 Å². The van der Waals surface area contributed by atoms with Crippen LogP contribution in [0.3, 0.4) is 0 Å². The van der Waals surface area contributed by atoms with E-state index >= 15 is 0 Å². The van der Waals surface area contributed by atoms with Crippen molar-refractivity contribution in [3.63, 3.8) is 0 Å². The van der Waals surface area contributed by atoms with Crippen LogP contribution in [-0.2, 0) is 0 Å². The van der Waals surface area contributed by atoms with Gasteiger partial charge in [-0.05, 0) is 30.2 Å². The molecule has 0 saturated heterocycles. The van der Waals surface area contributed by atoms with E-state index in [0.717, 1.165) is 11.1 Å². The highest BCUT2D eigenvalue weighted by molar-refractivity contribution is 5.74. The highest BCUT2D eigenvalue weighted by Gasteiger charge is 2.06. The Morgan fingerprint density at radius 1 is 1.47 bits per heavy atom. The molecule has 0 aliphatic heterocycles. The van der Waals surface area contributed by atoms with Gasteiger partial charge >= 0.3 is 0 Å². The van der Waals surface area contributed by atoms with Crippen LogP contribution in [-0.4, -0.2) is 9.97 Å². The Labute approximate surface area is 87.5 Å². The van der Waals surface area contributed by atoms with Gasteiger partial charge in [0, 0.05) is 18.0 Å². The third kappa shape index (κ3) is 1.81. The van der Waals surface area contributed by atoms with E-state index in [2.05, 4.69) is 16.5 Å². The summed E-state index contributed by atoms with van der Waals surface area (Å²) in [7, 11) is 0. The minimum absolute atomic E-state index is 0.203. The van der Waals surface area contributed by atoms with Gasteiger partial charge in [0.2, 0.25) is 0 Å². The molecule has 0 aliphatic carbocycles. The van der Waals surface area contributed by atoms with Crippen LogP contribution >= 0.6 is 0 Å². The third-order valence-corrected chi connectivity index (χ3v) is 2.29. The lowest BCUT2D eigenvalue weighted by atomic mass is 10.0. The van der Waals surface area contributed by atoms with E-state index < -0.39 is 0 Å². The summed E-state index contributed by atoms with van der Waals surface area (Å²) in [5, 5.41) is 0. The van der Waals surface area contributed by atoms with Crippen molar-refractivity contribution in [1.29, 1.82) is 0 Å². The maximum atomic E-state index is 13.1. The molecular weight excluding hydrogens is 191 g/mol. The SMILES string of the molecule is C=C(c1ccc(F)c(C)c1)c1ncc[nH]1. The van der Waals surface area contributed by atoms with Crippen molar-refractivity contribution in [3.05, 3.63) is 59.9 Å². The van der Waals surface area contributed by atoms with E-state index in [4.69, 9.17) is 0 Å². The van der Waals surface area contributed by atoms with E-state index in [1.165, 1.54) is 6.07 Å². The zero-order valence-electron chi connectivity index (χ0n) is 8.42. The summed E-state index contributed by atoms with van der Waals surface area (Å²) in [6.45, 7) is 5.65. The first-order valence-corrected chi connectivity index (χ1v) is 4.63. The summed E-state index contributed by atoms with van der Waals surface area (Å²) >= 11 is 0. The number of hydrogen-bond acceptors (Lipinski definition) is 1. The van der Waals surface area contributed by atoms with Gasteiger partial charge in [0.1, 0.15) is 11.6 Å². The van der Waals surface area contributed by atoms with Gasteiger partial charge in [-0.2, -0.15) is 0 Å². The second-order valence-electron chi connectivity index (χ2n) is 3.38. The number of H-pyrrole nitrogens is 1. The fourth-order valence-electron chi connectivity index (χ4n) is 1.40. The molecule has 0 bridgehead atoms. The monoisotopic (exact) mass is 202 g/mol. The van der Waals surface area contributed by atoms with Gasteiger partial charge in [-0.25, -0.2) is 9.37 Å². The summed E-state index contributed by atoms with van der Waals surface area (Å²) in [6.07, 6.45) is 3.40. The molecule has 1 aromatic carbocycles. The van der Waals surface area contributed by atoms with Gasteiger partial charge in [0.05, 0.1) is 0 Å². The number of hydrogen-bond donors (Lipinski definition) is 1. The fourth-order valence-corrected chi connectivity index (χ4v) is 1.40. The van der Waals surface area contributed by atoms with Crippen molar-refractivity contribution in [2.45, 2.75) is 6.92 Å². The van der Waals surface area contributed by atoms with Gasteiger partial charge in [0.25, 0.3) is 0 Å². The minimum atomic E-state index is -0.203. The first-order chi connectivity index (χ1) is 7.18. The van der Waals surface area contributed by atoms with Crippen LogP contribution in [0.1, 0.15) is 17.0 Å². The van der Waals surface area contributed by atoms with Gasteiger partial charge in [0.15, 0.2) is 0 Å². The van der Waals surface area contributed by atoms with Crippen molar-refractivity contribution in [1.82, 2.24) is 9.97 Å². The van der Waals surface area contributed by atoms with Crippen LogP contribution in [0.5, 0.6) is 0 Å². The first kappa shape index (κ1) is 9.65. The Morgan fingerprint density at radius 3 is 2.87 bits per heavy atom. The predicted octanol–water partition coefficient (Wildman–Crippen LogP) is 2.92. The molecule has 0 fully saturated rings. The first-order valence-electron chi connectivity index (χ1n) is 4.63. The van der Waals surface area contributed by atoms with E-state index in [0.29, 0.717) is 11.4 Å². The van der Waals surface area contributed by atoms with Crippen LogP contribution in [0, 0.1) is 12.7 Å². The number of rotatable bonds is 2. The molecule has 0 amide bonds. The van der Waals surface area contributed by atoms with Crippen molar-refractivity contribution in [3.8, 4) is 0 Å². The van der Waals surface area contributed by atoms with Crippen LogP contribution in [0.4, 0.5) is 4.39 Å². The van der Waals surface area contributed by atoms with E-state index in [1.54, 1.807) is 31.5 Å². The average Bonchev–Trinajstić information content (AvgIpc) is 2.74. The lowest BCUT2D eigenvalue weighted by molar-refractivity contribution is 0.618. The normalized spacial score (nSPS) is 10.3. The lowest BCUT2D eigenvalue weighted by Gasteiger charge is -2.04. The number of aryl methyl sites for hydroxylation is 1. The Kier molecular flexibility index (Phi) is 2.37. The molecular formula is C12H11FN2. The van der Waals surface area contributed by atoms with Gasteiger partial charge in [-0.1, -0.05) is 12.6 Å². The topological polar surface area (TPSA) is 28.7 Å². The number of nitrogens with one attached hydrogen (secondary N) is 1. The van der Waals surface area contributed by atoms with E-state index in [-0.39, 0.29) is 5.82 Å². The van der Waals surface area contributed by atoms with Gasteiger partial charge in [-0.15, -0.1) is 0 Å². The average molecular weight is 202 g/mol. The summed E-state index contributed by atoms with van der Waals surface area (Å²) in [6, 6.07) is 4.91. The largest absolute Gasteiger partial charge is 0.345 e. The molecule has 1 aromatic heterocycles. The number of benzene rings is 1. The second-order valence-corrected chi connectivity index (χ2v) is 3.38. The molecule has 3 heteroatoms. The molecule has 0 unspecified atom stereocenters. The Morgan fingerprint density at radius 2 is 2.27 bits per heavy atom. The Balaban J connectivity index is 2.39. The van der Waals surface area contributed by atoms with E-state index in [1.807, 2.05) is 0 Å². The van der Waals surface area contributed by atoms with Crippen LogP contribution in [0.25, 0.3) is 5.57 Å². The molecule has 76 valence electrons. The van der Waals surface area contributed by atoms with Crippen LogP contribution in [0.15, 0.2) is 37.2 Å². The zero-order chi connectivity index (χ0) is 10.8. The summed E-state index contributed by atoms with van der Waals surface area (Å²) in [5.41, 5.74) is 2.26. The van der Waals surface area contributed by atoms with E-state index in [9.17, 15) is 4.39 Å². The van der Waals surface area contributed by atoms with Crippen molar-refractivity contribution in [2.24, 2.45) is 0 Å². The highest BCUT2D eigenvalue weighted by atomic mass is 19.1. The molecule has 2 aromatic rings. The summed E-state index contributed by atoms with van der Waals surface area (Å²) in [4.78, 5) is 7.06. The minimum Gasteiger partial charge on any atom is -0.345 e. The number of aromatic nitrogens is 2. The molecule has 0 aliphatic rings. The maximum Gasteiger partial charge on any atom is 0.137 e. The van der Waals surface area contributed by atoms with Crippen LogP contribution < -0.4 is 0 Å². The number of nitrogens with zero attached hydrogens (tertiary/aromatic N) is 1. The molecule has 2 nitrogen and oxygen atoms in total. The zero-order valence-corrected chi connectivity index (χ0v) is 8.42. The molecule has 1 heterocycles. The van der Waals surface area contributed by atoms with Gasteiger partial charge in [-0.3, -0.25) is 0 Å². The van der Waals surface area contributed by atoms with Crippen molar-refractivity contribution >= 4 is 5.57 Å². The molecule has 0 radical (unpaired) electrons. The van der Waals surface area contributed by atoms with Crippen LogP contribution in [0.2, 0.25) is 0 Å². The van der Waals surface area contributed by atoms with Crippen molar-refractivity contribution < 1.29 is 4.39 Å². The Hall–Kier alpha value is -1.90. The second kappa shape index (κ2) is 3.69. The number of halogens is 1. The Bertz CT molecular complexity index is 486. The fraction of sp³-hybridized carbons (Fsp3) is 0.0833. The molecule has 0 saturated carbocycles. The molecule has 0 atom stereocenters. The summed E-state index contributed by atoms with van der Waals surface area (Å²) in [5.74, 6) is 0.506. The highest BCUT2D eigenvalue weighted by Crippen LogP contribution is 2.20. The molecule has 2 rings (SSSR count). The maximum absolute atomic E-state index is 13.1. The molecule has 0 spiro atoms. The standard InChI is InChI=1S/C12H11FN2/c1-8-7-10(3-4-11(8)13)9(2)12-14-5-6-15-12/h3-7H,2H2,1H3,(H,14,15). The smallest absolute Gasteiger partial charge is 0.137 e. The summed E-state index contributed by atoms with van der Waals surface area (Å²) < 4.78 is 13.1. The number of imidazole rings is 1. The number of aromatic amines is 1. The predicted molar refractivity (Wildman–Crippen MR) is 57.9 cm³/mol. The quantitative estimate of drug-likeness (QED) is 0.796. The third-order valence-electron chi connectivity index (χ3n) is 2.29. The van der Waals surface area contributed by atoms with Crippen molar-refractivity contribution in [2.75, 3.05) is 0 Å². The lowest BCUT2D eigenvalue weighted by Crippen LogP contribution is -1.91. The molecule has 15 heavy (non-hydrogen) atoms. The molecule has 1 N–H and O–H groups in total.